The zero-order valence-electron chi connectivity index (χ0n) is 13.5. The Bertz CT molecular complexity index is 786. The largest absolute Gasteiger partial charge is 0.493 e. The Morgan fingerprint density at radius 3 is 2.83 bits per heavy atom. The molecule has 2 aliphatic rings. The van der Waals surface area contributed by atoms with Crippen LogP contribution in [0, 0.1) is 0 Å². The second-order valence-electron chi connectivity index (χ2n) is 6.16. The fourth-order valence-electron chi connectivity index (χ4n) is 3.40. The number of ether oxygens (including phenoxy) is 2. The lowest BCUT2D eigenvalue weighted by Crippen LogP contribution is -2.27. The number of benzene rings is 2. The van der Waals surface area contributed by atoms with Crippen molar-refractivity contribution in [3.63, 3.8) is 0 Å². The van der Waals surface area contributed by atoms with Gasteiger partial charge in [-0.25, -0.2) is 0 Å². The van der Waals surface area contributed by atoms with Gasteiger partial charge in [0.25, 0.3) is 5.91 Å². The number of carbonyl (C=O) groups is 1. The smallest absolute Gasteiger partial charge is 0.255 e. The molecule has 4 rings (SSSR count). The minimum atomic E-state index is -0.00857. The predicted octanol–water partition coefficient (Wildman–Crippen LogP) is 3.59. The Hall–Kier alpha value is -2.01. The molecular formula is C19H18BrNO3. The van der Waals surface area contributed by atoms with Crippen LogP contribution in [0.4, 0.5) is 0 Å². The molecule has 0 radical (unpaired) electrons. The van der Waals surface area contributed by atoms with Crippen molar-refractivity contribution in [3.8, 4) is 11.5 Å². The standard InChI is InChI=1S/C19H18BrNO3/c1-21(19(22)14-4-2-3-5-16(14)20)11-15-13-7-9-23-17(13)10-12-6-8-24-18(12)15/h2-5,10H,6-9,11H2,1H3. The molecule has 1 amide bonds. The molecule has 0 saturated carbocycles. The fraction of sp³-hybridized carbons (Fsp3) is 0.316. The fourth-order valence-corrected chi connectivity index (χ4v) is 3.86. The van der Waals surface area contributed by atoms with Crippen molar-refractivity contribution in [2.45, 2.75) is 19.4 Å². The number of fused-ring (bicyclic) bond motifs is 2. The van der Waals surface area contributed by atoms with Crippen LogP contribution in [0.5, 0.6) is 11.5 Å². The van der Waals surface area contributed by atoms with Crippen LogP contribution in [-0.4, -0.2) is 31.1 Å². The lowest BCUT2D eigenvalue weighted by atomic mass is 9.99. The Labute approximate surface area is 149 Å². The van der Waals surface area contributed by atoms with Crippen molar-refractivity contribution in [2.24, 2.45) is 0 Å². The summed E-state index contributed by atoms with van der Waals surface area (Å²) < 4.78 is 12.4. The van der Waals surface area contributed by atoms with Crippen LogP contribution in [0.1, 0.15) is 27.0 Å². The van der Waals surface area contributed by atoms with E-state index in [1.54, 1.807) is 4.90 Å². The van der Waals surface area contributed by atoms with Crippen LogP contribution in [0.3, 0.4) is 0 Å². The summed E-state index contributed by atoms with van der Waals surface area (Å²) in [6.45, 7) is 1.93. The molecule has 0 spiro atoms. The third-order valence-electron chi connectivity index (χ3n) is 4.61. The summed E-state index contributed by atoms with van der Waals surface area (Å²) in [6, 6.07) is 9.60. The van der Waals surface area contributed by atoms with Gasteiger partial charge >= 0.3 is 0 Å². The summed E-state index contributed by atoms with van der Waals surface area (Å²) in [6.07, 6.45) is 1.78. The van der Waals surface area contributed by atoms with E-state index in [9.17, 15) is 4.79 Å². The average Bonchev–Trinajstić information content (AvgIpc) is 3.23. The number of nitrogens with zero attached hydrogens (tertiary/aromatic N) is 1. The van der Waals surface area contributed by atoms with Crippen LogP contribution in [-0.2, 0) is 19.4 Å². The number of hydrogen-bond acceptors (Lipinski definition) is 3. The molecule has 2 heterocycles. The molecule has 2 aromatic rings. The van der Waals surface area contributed by atoms with E-state index in [0.29, 0.717) is 25.3 Å². The highest BCUT2D eigenvalue weighted by Gasteiger charge is 2.28. The second kappa shape index (κ2) is 6.13. The summed E-state index contributed by atoms with van der Waals surface area (Å²) in [5.74, 6) is 1.90. The van der Waals surface area contributed by atoms with E-state index in [2.05, 4.69) is 22.0 Å². The highest BCUT2D eigenvalue weighted by atomic mass is 79.9. The van der Waals surface area contributed by atoms with Crippen molar-refractivity contribution in [2.75, 3.05) is 20.3 Å². The Balaban J connectivity index is 1.66. The number of halogens is 1. The summed E-state index contributed by atoms with van der Waals surface area (Å²) in [5, 5.41) is 0. The minimum Gasteiger partial charge on any atom is -0.493 e. The van der Waals surface area contributed by atoms with Crippen molar-refractivity contribution < 1.29 is 14.3 Å². The minimum absolute atomic E-state index is 0.00857. The molecule has 2 aromatic carbocycles. The molecule has 0 aromatic heterocycles. The van der Waals surface area contributed by atoms with Crippen LogP contribution in [0.25, 0.3) is 0 Å². The topological polar surface area (TPSA) is 38.8 Å². The Morgan fingerprint density at radius 2 is 2.00 bits per heavy atom. The first-order valence-electron chi connectivity index (χ1n) is 8.08. The third kappa shape index (κ3) is 2.57. The van der Waals surface area contributed by atoms with Gasteiger partial charge in [-0.15, -0.1) is 0 Å². The van der Waals surface area contributed by atoms with E-state index >= 15 is 0 Å². The van der Waals surface area contributed by atoms with E-state index in [1.165, 1.54) is 11.1 Å². The SMILES string of the molecule is CN(Cc1c2c(cc3c1OCC3)OCC2)C(=O)c1ccccc1Br. The highest BCUT2D eigenvalue weighted by Crippen LogP contribution is 2.41. The Kier molecular flexibility index (Phi) is 3.96. The van der Waals surface area contributed by atoms with Gasteiger partial charge in [-0.1, -0.05) is 12.1 Å². The first-order valence-corrected chi connectivity index (χ1v) is 8.87. The average molecular weight is 388 g/mol. The molecule has 0 aliphatic carbocycles. The summed E-state index contributed by atoms with van der Waals surface area (Å²) in [4.78, 5) is 14.5. The highest BCUT2D eigenvalue weighted by molar-refractivity contribution is 9.10. The number of hydrogen-bond donors (Lipinski definition) is 0. The van der Waals surface area contributed by atoms with Gasteiger partial charge in [-0.2, -0.15) is 0 Å². The van der Waals surface area contributed by atoms with Gasteiger partial charge in [-0.05, 0) is 34.1 Å². The summed E-state index contributed by atoms with van der Waals surface area (Å²) in [7, 11) is 1.83. The second-order valence-corrected chi connectivity index (χ2v) is 7.01. The van der Waals surface area contributed by atoms with Gasteiger partial charge in [-0.3, -0.25) is 4.79 Å². The van der Waals surface area contributed by atoms with Crippen LogP contribution in [0.2, 0.25) is 0 Å². The molecule has 5 heteroatoms. The van der Waals surface area contributed by atoms with Gasteiger partial charge in [0, 0.05) is 47.6 Å². The lowest BCUT2D eigenvalue weighted by molar-refractivity contribution is 0.0783. The van der Waals surface area contributed by atoms with Crippen LogP contribution >= 0.6 is 15.9 Å². The molecule has 4 nitrogen and oxygen atoms in total. The van der Waals surface area contributed by atoms with E-state index in [1.807, 2.05) is 31.3 Å². The van der Waals surface area contributed by atoms with Gasteiger partial charge < -0.3 is 14.4 Å². The first-order chi connectivity index (χ1) is 11.6. The maximum atomic E-state index is 12.8. The van der Waals surface area contributed by atoms with Gasteiger partial charge in [0.15, 0.2) is 0 Å². The van der Waals surface area contributed by atoms with Crippen molar-refractivity contribution in [1.82, 2.24) is 4.90 Å². The van der Waals surface area contributed by atoms with E-state index in [-0.39, 0.29) is 5.91 Å². The molecule has 24 heavy (non-hydrogen) atoms. The van der Waals surface area contributed by atoms with Crippen LogP contribution in [0.15, 0.2) is 34.8 Å². The molecule has 0 bridgehead atoms. The molecule has 0 saturated heterocycles. The monoisotopic (exact) mass is 387 g/mol. The maximum absolute atomic E-state index is 12.8. The number of amides is 1. The zero-order valence-corrected chi connectivity index (χ0v) is 15.1. The van der Waals surface area contributed by atoms with Crippen LogP contribution < -0.4 is 9.47 Å². The maximum Gasteiger partial charge on any atom is 0.255 e. The van der Waals surface area contributed by atoms with E-state index in [0.717, 1.165) is 34.4 Å². The molecule has 2 aliphatic heterocycles. The molecule has 0 fully saturated rings. The first kappa shape index (κ1) is 15.5. The summed E-state index contributed by atoms with van der Waals surface area (Å²) >= 11 is 3.46. The molecule has 0 atom stereocenters. The van der Waals surface area contributed by atoms with Gasteiger partial charge in [0.1, 0.15) is 11.5 Å². The lowest BCUT2D eigenvalue weighted by Gasteiger charge is -2.21. The zero-order chi connectivity index (χ0) is 16.7. The normalized spacial score (nSPS) is 14.6. The van der Waals surface area contributed by atoms with Gasteiger partial charge in [0.05, 0.1) is 18.8 Å². The van der Waals surface area contributed by atoms with E-state index < -0.39 is 0 Å². The molecule has 124 valence electrons. The third-order valence-corrected chi connectivity index (χ3v) is 5.30. The quantitative estimate of drug-likeness (QED) is 0.807. The molecule has 0 unspecified atom stereocenters. The summed E-state index contributed by atoms with van der Waals surface area (Å²) in [5.41, 5.74) is 4.14. The van der Waals surface area contributed by atoms with E-state index in [4.69, 9.17) is 9.47 Å². The number of carbonyl (C=O) groups excluding carboxylic acids is 1. The predicted molar refractivity (Wildman–Crippen MR) is 94.8 cm³/mol. The van der Waals surface area contributed by atoms with Crippen molar-refractivity contribution in [3.05, 3.63) is 57.1 Å². The Morgan fingerprint density at radius 1 is 1.21 bits per heavy atom. The molecule has 0 N–H and O–H groups in total. The van der Waals surface area contributed by atoms with Crippen molar-refractivity contribution >= 4 is 21.8 Å². The molecular weight excluding hydrogens is 370 g/mol. The number of rotatable bonds is 3. The van der Waals surface area contributed by atoms with Crippen molar-refractivity contribution in [1.29, 1.82) is 0 Å². The van der Waals surface area contributed by atoms with Gasteiger partial charge in [0.2, 0.25) is 0 Å².